The second kappa shape index (κ2) is 9.92. The molecule has 2 heterocycles. The lowest BCUT2D eigenvalue weighted by atomic mass is 10.1. The monoisotopic (exact) mass is 471 g/mol. The molecule has 0 N–H and O–H groups in total. The first-order valence-corrected chi connectivity index (χ1v) is 11.3. The van der Waals surface area contributed by atoms with Crippen LogP contribution in [0.15, 0.2) is 51.5 Å². The quantitative estimate of drug-likeness (QED) is 0.140. The van der Waals surface area contributed by atoms with E-state index in [9.17, 15) is 19.7 Å². The first-order chi connectivity index (χ1) is 15.2. The Kier molecular flexibility index (Phi) is 7.26. The number of carbonyl (C=O) groups is 2. The van der Waals surface area contributed by atoms with Crippen LogP contribution in [0.4, 0.5) is 5.69 Å². The maximum Gasteiger partial charge on any atom is 0.338 e. The van der Waals surface area contributed by atoms with Crippen LogP contribution in [-0.4, -0.2) is 32.8 Å². The summed E-state index contributed by atoms with van der Waals surface area (Å²) in [7, 11) is 0. The zero-order valence-electron chi connectivity index (χ0n) is 17.8. The second-order valence-corrected chi connectivity index (χ2v) is 9.13. The van der Waals surface area contributed by atoms with Crippen LogP contribution in [0.3, 0.4) is 0 Å². The predicted molar refractivity (Wildman–Crippen MR) is 123 cm³/mol. The number of aryl methyl sites for hydroxylation is 2. The molecule has 0 aliphatic rings. The van der Waals surface area contributed by atoms with E-state index in [-0.39, 0.29) is 17.0 Å². The fourth-order valence-corrected chi connectivity index (χ4v) is 5.01. The van der Waals surface area contributed by atoms with E-state index in [1.54, 1.807) is 12.1 Å². The van der Waals surface area contributed by atoms with E-state index < -0.39 is 17.5 Å². The number of ketones is 1. The average molecular weight is 472 g/mol. The highest BCUT2D eigenvalue weighted by molar-refractivity contribution is 8.01. The number of aromatic nitrogens is 2. The number of thiazole rings is 1. The summed E-state index contributed by atoms with van der Waals surface area (Å²) >= 11 is 2.54. The Balaban J connectivity index is 1.73. The first-order valence-electron chi connectivity index (χ1n) is 9.57. The van der Waals surface area contributed by atoms with Crippen LogP contribution in [0.25, 0.3) is 0 Å². The third kappa shape index (κ3) is 5.14. The van der Waals surface area contributed by atoms with Crippen molar-refractivity contribution in [3.05, 3.63) is 80.6 Å². The van der Waals surface area contributed by atoms with Crippen LogP contribution in [0.5, 0.6) is 0 Å². The minimum absolute atomic E-state index is 0.00120. The van der Waals surface area contributed by atoms with Crippen molar-refractivity contribution < 1.29 is 19.2 Å². The summed E-state index contributed by atoms with van der Waals surface area (Å²) in [6, 6.07) is 5.83. The van der Waals surface area contributed by atoms with Gasteiger partial charge in [0.1, 0.15) is 0 Å². The van der Waals surface area contributed by atoms with E-state index in [4.69, 9.17) is 4.74 Å². The highest BCUT2D eigenvalue weighted by Gasteiger charge is 2.22. The molecule has 32 heavy (non-hydrogen) atoms. The van der Waals surface area contributed by atoms with Crippen molar-refractivity contribution in [2.45, 2.75) is 36.6 Å². The molecule has 0 fully saturated rings. The van der Waals surface area contributed by atoms with Crippen LogP contribution in [0, 0.1) is 30.9 Å². The summed E-state index contributed by atoms with van der Waals surface area (Å²) in [5, 5.41) is 13.4. The number of hydrogen-bond acceptors (Lipinski definition) is 8. The molecule has 0 aliphatic carbocycles. The molecule has 0 bridgehead atoms. The molecular formula is C22H21N3O5S2. The number of nitrogens with zero attached hydrogens (tertiary/aromatic N) is 3. The second-order valence-electron chi connectivity index (χ2n) is 6.98. The van der Waals surface area contributed by atoms with Gasteiger partial charge in [-0.25, -0.2) is 9.78 Å². The Labute approximate surface area is 193 Å². The van der Waals surface area contributed by atoms with Gasteiger partial charge >= 0.3 is 5.97 Å². The minimum Gasteiger partial charge on any atom is -0.454 e. The normalized spacial score (nSPS) is 10.7. The molecule has 0 spiro atoms. The third-order valence-corrected chi connectivity index (χ3v) is 6.83. The number of Topliss-reactive ketones (excluding diaryl/α,β-unsaturated/α-hetero) is 1. The number of benzene rings is 1. The number of esters is 1. The van der Waals surface area contributed by atoms with E-state index in [2.05, 4.69) is 11.6 Å². The Morgan fingerprint density at radius 2 is 2.06 bits per heavy atom. The number of allylic oxidation sites excluding steroid dienone is 1. The van der Waals surface area contributed by atoms with Gasteiger partial charge in [-0.2, -0.15) is 0 Å². The number of ether oxygens (including phenoxy) is 1. The molecule has 8 nitrogen and oxygen atoms in total. The lowest BCUT2D eigenvalue weighted by Crippen LogP contribution is -2.15. The summed E-state index contributed by atoms with van der Waals surface area (Å²) < 4.78 is 7.75. The van der Waals surface area contributed by atoms with E-state index >= 15 is 0 Å². The van der Waals surface area contributed by atoms with E-state index in [0.29, 0.717) is 21.3 Å². The van der Waals surface area contributed by atoms with Gasteiger partial charge in [0.15, 0.2) is 10.9 Å². The Hall–Kier alpha value is -3.24. The molecule has 166 valence electrons. The fourth-order valence-electron chi connectivity index (χ4n) is 3.13. The molecule has 3 aromatic rings. The van der Waals surface area contributed by atoms with Crippen LogP contribution in [-0.2, 0) is 11.3 Å². The minimum atomic E-state index is -0.803. The van der Waals surface area contributed by atoms with Crippen molar-refractivity contribution in [3.8, 4) is 0 Å². The molecule has 0 saturated heterocycles. The van der Waals surface area contributed by atoms with Gasteiger partial charge in [0, 0.05) is 40.6 Å². The maximum atomic E-state index is 12.6. The van der Waals surface area contributed by atoms with Crippen LogP contribution in [0.1, 0.15) is 37.8 Å². The summed E-state index contributed by atoms with van der Waals surface area (Å²) in [6.45, 7) is 9.35. The standard InChI is InChI=1S/C22H21N3O5S2/c1-5-8-24-14(3)9-17(15(24)4)19(26)11-30-21(27)16-6-7-20(18(10-16)25(28)29)32-22-23-13(2)12-31-22/h5-7,9-10,12H,1,8,11H2,2-4H3. The van der Waals surface area contributed by atoms with Gasteiger partial charge in [0.05, 0.1) is 15.4 Å². The molecule has 3 rings (SSSR count). The molecule has 0 radical (unpaired) electrons. The van der Waals surface area contributed by atoms with Crippen molar-refractivity contribution in [1.29, 1.82) is 0 Å². The van der Waals surface area contributed by atoms with Crippen molar-refractivity contribution in [1.82, 2.24) is 9.55 Å². The van der Waals surface area contributed by atoms with Gasteiger partial charge in [-0.05, 0) is 39.0 Å². The maximum absolute atomic E-state index is 12.6. The van der Waals surface area contributed by atoms with Gasteiger partial charge in [0.25, 0.3) is 5.69 Å². The smallest absolute Gasteiger partial charge is 0.338 e. The van der Waals surface area contributed by atoms with E-state index in [1.807, 2.05) is 30.7 Å². The van der Waals surface area contributed by atoms with Crippen LogP contribution >= 0.6 is 23.1 Å². The molecule has 0 atom stereocenters. The molecule has 0 saturated carbocycles. The molecule has 0 unspecified atom stereocenters. The lowest BCUT2D eigenvalue weighted by Gasteiger charge is -2.07. The zero-order chi connectivity index (χ0) is 23.4. The molecule has 0 amide bonds. The van der Waals surface area contributed by atoms with Gasteiger partial charge in [-0.1, -0.05) is 17.8 Å². The highest BCUT2D eigenvalue weighted by atomic mass is 32.2. The summed E-state index contributed by atoms with van der Waals surface area (Å²) in [5.74, 6) is -1.15. The van der Waals surface area contributed by atoms with Crippen molar-refractivity contribution in [2.75, 3.05) is 6.61 Å². The Morgan fingerprint density at radius 1 is 1.31 bits per heavy atom. The van der Waals surface area contributed by atoms with Crippen molar-refractivity contribution in [3.63, 3.8) is 0 Å². The van der Waals surface area contributed by atoms with Gasteiger partial charge < -0.3 is 9.30 Å². The number of rotatable bonds is 9. The zero-order valence-corrected chi connectivity index (χ0v) is 19.4. The van der Waals surface area contributed by atoms with Crippen molar-refractivity contribution >= 4 is 40.5 Å². The number of hydrogen-bond donors (Lipinski definition) is 0. The summed E-state index contributed by atoms with van der Waals surface area (Å²) in [6.07, 6.45) is 1.73. The van der Waals surface area contributed by atoms with Gasteiger partial charge in [-0.3, -0.25) is 14.9 Å². The summed E-state index contributed by atoms with van der Waals surface area (Å²) in [5.41, 5.74) is 2.73. The van der Waals surface area contributed by atoms with Crippen LogP contribution in [0.2, 0.25) is 0 Å². The number of carbonyl (C=O) groups excluding carboxylic acids is 2. The topological polar surface area (TPSA) is 104 Å². The average Bonchev–Trinajstić information content (AvgIpc) is 3.29. The molecule has 1 aromatic carbocycles. The Bertz CT molecular complexity index is 1210. The van der Waals surface area contributed by atoms with Crippen molar-refractivity contribution in [2.24, 2.45) is 0 Å². The van der Waals surface area contributed by atoms with E-state index in [0.717, 1.165) is 34.9 Å². The van der Waals surface area contributed by atoms with Gasteiger partial charge in [0.2, 0.25) is 5.78 Å². The molecular weight excluding hydrogens is 450 g/mol. The summed E-state index contributed by atoms with van der Waals surface area (Å²) in [4.78, 5) is 40.7. The SMILES string of the molecule is C=CCn1c(C)cc(C(=O)COC(=O)c2ccc(Sc3nc(C)cs3)c([N+](=O)[O-])c2)c1C. The first kappa shape index (κ1) is 23.4. The van der Waals surface area contributed by atoms with Crippen LogP contribution < -0.4 is 0 Å². The fraction of sp³-hybridized carbons (Fsp3) is 0.227. The third-order valence-electron chi connectivity index (χ3n) is 4.71. The predicted octanol–water partition coefficient (Wildman–Crippen LogP) is 5.15. The number of nitro benzene ring substituents is 1. The highest BCUT2D eigenvalue weighted by Crippen LogP contribution is 2.36. The molecule has 2 aromatic heterocycles. The Morgan fingerprint density at radius 3 is 2.69 bits per heavy atom. The van der Waals surface area contributed by atoms with Gasteiger partial charge in [-0.15, -0.1) is 17.9 Å². The number of nitro groups is 1. The lowest BCUT2D eigenvalue weighted by molar-refractivity contribution is -0.387. The molecule has 0 aliphatic heterocycles. The molecule has 10 heteroatoms. The largest absolute Gasteiger partial charge is 0.454 e. The van der Waals surface area contributed by atoms with E-state index in [1.165, 1.54) is 23.5 Å².